The fourth-order valence-corrected chi connectivity index (χ4v) is 2.45. The molecular formula is C15H12ClN3O2. The first-order valence-corrected chi connectivity index (χ1v) is 6.61. The second-order valence-electron chi connectivity index (χ2n) is 4.45. The van der Waals surface area contributed by atoms with Crippen LogP contribution in [0, 0.1) is 0 Å². The molecule has 0 aliphatic heterocycles. The molecule has 6 heteroatoms. The highest BCUT2D eigenvalue weighted by atomic mass is 35.5. The summed E-state index contributed by atoms with van der Waals surface area (Å²) in [5.41, 5.74) is 8.53. The zero-order chi connectivity index (χ0) is 15.0. The molecule has 0 aliphatic carbocycles. The third kappa shape index (κ3) is 2.21. The number of fused-ring (bicyclic) bond motifs is 1. The van der Waals surface area contributed by atoms with E-state index in [1.54, 1.807) is 28.8 Å². The Bertz CT molecular complexity index is 842. The molecule has 2 N–H and O–H groups in total. The fraction of sp³-hybridized carbons (Fsp3) is 0.0667. The molecule has 0 radical (unpaired) electrons. The van der Waals surface area contributed by atoms with E-state index in [4.69, 9.17) is 22.1 Å². The number of benzene rings is 2. The number of anilines is 1. The quantitative estimate of drug-likeness (QED) is 0.739. The Balaban J connectivity index is 2.23. The van der Waals surface area contributed by atoms with E-state index < -0.39 is 5.97 Å². The maximum absolute atomic E-state index is 11.6. The second kappa shape index (κ2) is 5.10. The van der Waals surface area contributed by atoms with E-state index in [0.29, 0.717) is 22.1 Å². The van der Waals surface area contributed by atoms with Gasteiger partial charge in [0.1, 0.15) is 0 Å². The van der Waals surface area contributed by atoms with Crippen LogP contribution in [0.15, 0.2) is 42.5 Å². The monoisotopic (exact) mass is 301 g/mol. The Labute approximate surface area is 125 Å². The number of aromatic nitrogens is 2. The van der Waals surface area contributed by atoms with Gasteiger partial charge in [0, 0.05) is 0 Å². The van der Waals surface area contributed by atoms with Crippen molar-refractivity contribution in [1.29, 1.82) is 0 Å². The number of nitrogens with two attached hydrogens (primary N) is 1. The zero-order valence-corrected chi connectivity index (χ0v) is 12.0. The summed E-state index contributed by atoms with van der Waals surface area (Å²) in [7, 11) is 1.34. The molecule has 1 aromatic heterocycles. The van der Waals surface area contributed by atoms with E-state index in [1.165, 1.54) is 7.11 Å². The van der Waals surface area contributed by atoms with Crippen LogP contribution in [-0.4, -0.2) is 22.6 Å². The maximum Gasteiger partial charge on any atom is 0.337 e. The van der Waals surface area contributed by atoms with E-state index in [2.05, 4.69) is 4.98 Å². The van der Waals surface area contributed by atoms with Crippen molar-refractivity contribution < 1.29 is 9.53 Å². The average molecular weight is 302 g/mol. The van der Waals surface area contributed by atoms with Crippen molar-refractivity contribution in [2.45, 2.75) is 0 Å². The molecule has 0 atom stereocenters. The van der Waals surface area contributed by atoms with Gasteiger partial charge < -0.3 is 10.5 Å². The molecule has 0 saturated carbocycles. The first kappa shape index (κ1) is 13.5. The Kier molecular flexibility index (Phi) is 3.27. The third-order valence-electron chi connectivity index (χ3n) is 3.19. The minimum Gasteiger partial charge on any atom is -0.465 e. The van der Waals surface area contributed by atoms with Crippen LogP contribution in [0.2, 0.25) is 5.02 Å². The Hall–Kier alpha value is -2.53. The number of esters is 1. The number of carbonyl (C=O) groups is 1. The van der Waals surface area contributed by atoms with Crippen LogP contribution >= 0.6 is 11.6 Å². The van der Waals surface area contributed by atoms with Gasteiger partial charge in [-0.25, -0.2) is 9.78 Å². The topological polar surface area (TPSA) is 70.1 Å². The van der Waals surface area contributed by atoms with Crippen molar-refractivity contribution in [1.82, 2.24) is 9.55 Å². The fourth-order valence-electron chi connectivity index (χ4n) is 2.23. The van der Waals surface area contributed by atoms with E-state index in [1.807, 2.05) is 18.2 Å². The predicted molar refractivity (Wildman–Crippen MR) is 81.8 cm³/mol. The molecule has 0 bridgehead atoms. The second-order valence-corrected chi connectivity index (χ2v) is 4.86. The first-order chi connectivity index (χ1) is 10.1. The van der Waals surface area contributed by atoms with Crippen molar-refractivity contribution in [3.8, 4) is 5.69 Å². The van der Waals surface area contributed by atoms with Crippen LogP contribution in [0.1, 0.15) is 10.4 Å². The molecule has 0 saturated heterocycles. The number of carbonyl (C=O) groups excluding carboxylic acids is 1. The van der Waals surface area contributed by atoms with Gasteiger partial charge >= 0.3 is 5.97 Å². The van der Waals surface area contributed by atoms with Gasteiger partial charge in [0.2, 0.25) is 5.95 Å². The largest absolute Gasteiger partial charge is 0.465 e. The average Bonchev–Trinajstić information content (AvgIpc) is 2.82. The highest BCUT2D eigenvalue weighted by Gasteiger charge is 2.14. The van der Waals surface area contributed by atoms with Crippen molar-refractivity contribution in [3.63, 3.8) is 0 Å². The number of imidazole rings is 1. The molecule has 0 unspecified atom stereocenters. The number of para-hydroxylation sites is 1. The Morgan fingerprint density at radius 1 is 1.29 bits per heavy atom. The van der Waals surface area contributed by atoms with Crippen molar-refractivity contribution >= 4 is 34.6 Å². The normalized spacial score (nSPS) is 10.8. The molecule has 106 valence electrons. The highest BCUT2D eigenvalue weighted by molar-refractivity contribution is 6.32. The number of methoxy groups -OCH3 is 1. The zero-order valence-electron chi connectivity index (χ0n) is 11.2. The maximum atomic E-state index is 11.6. The van der Waals surface area contributed by atoms with Gasteiger partial charge in [0.05, 0.1) is 34.4 Å². The number of hydrogen-bond acceptors (Lipinski definition) is 4. The molecule has 1 heterocycles. The lowest BCUT2D eigenvalue weighted by Crippen LogP contribution is -2.02. The molecular weight excluding hydrogens is 290 g/mol. The van der Waals surface area contributed by atoms with Crippen LogP contribution in [0.5, 0.6) is 0 Å². The molecule has 0 amide bonds. The van der Waals surface area contributed by atoms with E-state index in [0.717, 1.165) is 11.2 Å². The van der Waals surface area contributed by atoms with Crippen molar-refractivity contribution in [2.24, 2.45) is 0 Å². The molecule has 5 nitrogen and oxygen atoms in total. The van der Waals surface area contributed by atoms with Crippen LogP contribution in [0.4, 0.5) is 5.95 Å². The number of nitrogens with zero attached hydrogens (tertiary/aromatic N) is 2. The van der Waals surface area contributed by atoms with Gasteiger partial charge in [-0.1, -0.05) is 23.7 Å². The lowest BCUT2D eigenvalue weighted by atomic mass is 10.2. The molecule has 0 fully saturated rings. The summed E-state index contributed by atoms with van der Waals surface area (Å²) in [6, 6.07) is 12.4. The molecule has 3 rings (SSSR count). The summed E-state index contributed by atoms with van der Waals surface area (Å²) in [4.78, 5) is 15.8. The van der Waals surface area contributed by atoms with E-state index in [9.17, 15) is 4.79 Å². The van der Waals surface area contributed by atoms with Crippen LogP contribution in [-0.2, 0) is 4.74 Å². The van der Waals surface area contributed by atoms with Crippen LogP contribution in [0.25, 0.3) is 16.7 Å². The summed E-state index contributed by atoms with van der Waals surface area (Å²) in [6.45, 7) is 0. The summed E-state index contributed by atoms with van der Waals surface area (Å²) in [6.07, 6.45) is 0. The number of rotatable bonds is 2. The van der Waals surface area contributed by atoms with Gasteiger partial charge in [-0.2, -0.15) is 0 Å². The van der Waals surface area contributed by atoms with Gasteiger partial charge in [-0.15, -0.1) is 0 Å². The first-order valence-electron chi connectivity index (χ1n) is 6.23. The molecule has 0 spiro atoms. The number of ether oxygens (including phenoxy) is 1. The van der Waals surface area contributed by atoms with Crippen molar-refractivity contribution in [2.75, 3.05) is 12.8 Å². The molecule has 0 aliphatic rings. The SMILES string of the molecule is COC(=O)c1ccc2c(c1)nc(N)n2-c1ccccc1Cl. The minimum absolute atomic E-state index is 0.306. The summed E-state index contributed by atoms with van der Waals surface area (Å²) in [5.74, 6) is -0.108. The van der Waals surface area contributed by atoms with Crippen molar-refractivity contribution in [3.05, 3.63) is 53.1 Å². The lowest BCUT2D eigenvalue weighted by molar-refractivity contribution is 0.0601. The smallest absolute Gasteiger partial charge is 0.337 e. The van der Waals surface area contributed by atoms with E-state index in [-0.39, 0.29) is 0 Å². The summed E-state index contributed by atoms with van der Waals surface area (Å²) < 4.78 is 6.45. The van der Waals surface area contributed by atoms with Gasteiger partial charge in [-0.05, 0) is 30.3 Å². The Morgan fingerprint density at radius 3 is 2.76 bits per heavy atom. The van der Waals surface area contributed by atoms with Crippen LogP contribution in [0.3, 0.4) is 0 Å². The standard InChI is InChI=1S/C15H12ClN3O2/c1-21-14(20)9-6-7-13-11(8-9)18-15(17)19(13)12-5-3-2-4-10(12)16/h2-8H,1H3,(H2,17,18). The van der Waals surface area contributed by atoms with E-state index >= 15 is 0 Å². The Morgan fingerprint density at radius 2 is 2.05 bits per heavy atom. The summed E-state index contributed by atoms with van der Waals surface area (Å²) >= 11 is 6.21. The summed E-state index contributed by atoms with van der Waals surface area (Å²) in [5, 5.41) is 0.570. The predicted octanol–water partition coefficient (Wildman–Crippen LogP) is 3.05. The molecule has 3 aromatic rings. The van der Waals surface area contributed by atoms with Gasteiger partial charge in [-0.3, -0.25) is 4.57 Å². The number of halogens is 1. The number of hydrogen-bond donors (Lipinski definition) is 1. The third-order valence-corrected chi connectivity index (χ3v) is 3.51. The highest BCUT2D eigenvalue weighted by Crippen LogP contribution is 2.28. The van der Waals surface area contributed by atoms with Gasteiger partial charge in [0.15, 0.2) is 0 Å². The van der Waals surface area contributed by atoms with Crippen LogP contribution < -0.4 is 5.73 Å². The number of nitrogen functional groups attached to an aromatic ring is 1. The molecule has 2 aromatic carbocycles. The lowest BCUT2D eigenvalue weighted by Gasteiger charge is -2.08. The minimum atomic E-state index is -0.414. The van der Waals surface area contributed by atoms with Gasteiger partial charge in [0.25, 0.3) is 0 Å². The molecule has 21 heavy (non-hydrogen) atoms.